The molecule has 0 aliphatic heterocycles. The Morgan fingerprint density at radius 1 is 0.651 bits per heavy atom. The van der Waals surface area contributed by atoms with Crippen molar-refractivity contribution in [2.75, 3.05) is 33.4 Å². The van der Waals surface area contributed by atoms with Crippen LogP contribution in [-0.4, -0.2) is 93.3 Å². The van der Waals surface area contributed by atoms with E-state index in [1.54, 1.807) is 44.8 Å². The highest BCUT2D eigenvalue weighted by atomic mass is 79.9. The predicted molar refractivity (Wildman–Crippen MR) is 273 cm³/mol. The number of aryl methyl sites for hydroxylation is 3. The van der Waals surface area contributed by atoms with Crippen LogP contribution in [0.3, 0.4) is 0 Å². The molecule has 63 heavy (non-hydrogen) atoms. The van der Waals surface area contributed by atoms with E-state index in [4.69, 9.17) is 10.2 Å². The summed E-state index contributed by atoms with van der Waals surface area (Å²) < 4.78 is 0.375. The molecule has 6 N–H and O–H groups in total. The van der Waals surface area contributed by atoms with Crippen molar-refractivity contribution >= 4 is 81.1 Å². The van der Waals surface area contributed by atoms with Gasteiger partial charge < -0.3 is 30.1 Å². The monoisotopic (exact) mass is 1070 g/mol. The molecule has 6 heterocycles. The van der Waals surface area contributed by atoms with Gasteiger partial charge in [0.05, 0.1) is 0 Å². The third kappa shape index (κ3) is 33.3. The molecule has 0 amide bonds. The van der Waals surface area contributed by atoms with Crippen LogP contribution in [0, 0.1) is 25.5 Å². The topological polar surface area (TPSA) is 223 Å². The molecule has 0 spiro atoms. The van der Waals surface area contributed by atoms with Crippen LogP contribution in [0.4, 0.5) is 0 Å². The van der Waals surface area contributed by atoms with E-state index in [0.29, 0.717) is 15.1 Å². The zero-order chi connectivity index (χ0) is 45.8. The second kappa shape index (κ2) is 40.9. The number of hydrogen-bond acceptors (Lipinski definition) is 14. The number of nitrogens with one attached hydrogen (secondary N) is 4. The van der Waals surface area contributed by atoms with Gasteiger partial charge >= 0.3 is 0 Å². The molecule has 0 aliphatic rings. The number of halogens is 3. The van der Waals surface area contributed by atoms with Crippen molar-refractivity contribution in [3.05, 3.63) is 161 Å². The smallest absolute Gasteiger partial charge is 0.251 e. The molecule has 6 rings (SSSR count). The molecule has 0 unspecified atom stereocenters. The third-order valence-electron chi connectivity index (χ3n) is 7.01. The van der Waals surface area contributed by atoms with Crippen LogP contribution in [-0.2, 0) is 16.8 Å². The van der Waals surface area contributed by atoms with E-state index in [2.05, 4.69) is 98.7 Å². The molecule has 0 atom stereocenters. The van der Waals surface area contributed by atoms with Crippen LogP contribution >= 0.6 is 81.1 Å². The minimum atomic E-state index is -0.156. The normalized spacial score (nSPS) is 9.27. The van der Waals surface area contributed by atoms with Gasteiger partial charge in [-0.3, -0.25) is 34.3 Å². The summed E-state index contributed by atoms with van der Waals surface area (Å²) >= 11 is 11.0. The van der Waals surface area contributed by atoms with Gasteiger partial charge in [0.2, 0.25) is 0 Å². The van der Waals surface area contributed by atoms with Gasteiger partial charge in [0, 0.05) is 103 Å². The number of aliphatic hydroxyl groups is 2. The number of alkyl halides is 1. The van der Waals surface area contributed by atoms with E-state index < -0.39 is 0 Å². The molecular weight excluding hydrogens is 1020 g/mol. The van der Waals surface area contributed by atoms with Crippen molar-refractivity contribution in [2.24, 2.45) is 0 Å². The molecule has 0 fully saturated rings. The first-order chi connectivity index (χ1) is 29.3. The highest BCUT2D eigenvalue weighted by molar-refractivity contribution is 9.08. The molecule has 0 aliphatic carbocycles. The minimum Gasteiger partial charge on any atom is -0.400 e. The Kier molecular flexibility index (Phi) is 41.2. The maximum Gasteiger partial charge on any atom is 0.251 e. The molecular formula is C42H61Br2ClN10O5S3. The molecule has 6 aromatic rings. The SMILES string of the molecule is Br.BrCc1cccnc1.CCN(CC)CC.CCO.CO.Cc1cc(=O)[nH]c(=S)[nH]1.Cc1cc(=O)[nH]c(SCc2cccnc2)n1.Cc1cc(=O)[nH]c(SCc2cccnc2)n1.Cl. The van der Waals surface area contributed by atoms with Gasteiger partial charge in [-0.25, -0.2) is 9.97 Å². The number of aromatic nitrogens is 9. The van der Waals surface area contributed by atoms with Crippen LogP contribution in [0.2, 0.25) is 0 Å². The maximum absolute atomic E-state index is 11.2. The lowest BCUT2D eigenvalue weighted by Gasteiger charge is -2.13. The summed E-state index contributed by atoms with van der Waals surface area (Å²) in [7, 11) is 1.00. The first-order valence-electron chi connectivity index (χ1n) is 19.1. The number of thioether (sulfide) groups is 2. The average Bonchev–Trinajstić information content (AvgIpc) is 3.25. The fraction of sp³-hybridized carbons (Fsp3) is 0.357. The average molecular weight is 1080 g/mol. The van der Waals surface area contributed by atoms with E-state index in [-0.39, 0.29) is 52.7 Å². The van der Waals surface area contributed by atoms with Crippen LogP contribution in [0.15, 0.2) is 116 Å². The number of rotatable bonds is 10. The van der Waals surface area contributed by atoms with Crippen molar-refractivity contribution < 1.29 is 10.2 Å². The Morgan fingerprint density at radius 2 is 1.02 bits per heavy atom. The molecule has 15 nitrogen and oxygen atoms in total. The Balaban J connectivity index is -0.000000715. The lowest BCUT2D eigenvalue weighted by Crippen LogP contribution is -2.21. The summed E-state index contributed by atoms with van der Waals surface area (Å²) in [5, 5.41) is 16.8. The minimum absolute atomic E-state index is 0. The molecule has 348 valence electrons. The van der Waals surface area contributed by atoms with Gasteiger partial charge in [-0.2, -0.15) is 0 Å². The van der Waals surface area contributed by atoms with E-state index >= 15 is 0 Å². The summed E-state index contributed by atoms with van der Waals surface area (Å²) in [5.41, 5.74) is 5.30. The molecule has 0 aromatic carbocycles. The number of nitrogens with zero attached hydrogens (tertiary/aromatic N) is 6. The summed E-state index contributed by atoms with van der Waals surface area (Å²) in [6.45, 7) is 17.5. The molecule has 0 radical (unpaired) electrons. The number of aliphatic hydroxyl groups excluding tert-OH is 2. The first kappa shape index (κ1) is 63.4. The standard InChI is InChI=1S/2C11H11N3OS.C6H6BrN.C6H15N.C5H6N2OS.C2H6O.CH4O.BrH.ClH/c2*1-8-5-10(15)14-11(13-8)16-7-9-3-2-4-12-6-9;7-4-6-2-1-3-8-5-6;1-4-7(5-2)6-3;1-3-2-4(8)7-5(9)6-3;1-2-3;1-2;;/h2*2-6H,7H2,1H3,(H,13,14,15);1-3,5H,4H2;4-6H2,1-3H3;2H,1H3,(H2,6,7,8,9);3H,2H2,1H3;2H,1H3;2*1H. The van der Waals surface area contributed by atoms with E-state index in [9.17, 15) is 14.4 Å². The van der Waals surface area contributed by atoms with Gasteiger partial charge in [-0.15, -0.1) is 29.4 Å². The third-order valence-corrected chi connectivity index (χ3v) is 9.75. The number of pyridine rings is 3. The first-order valence-corrected chi connectivity index (χ1v) is 22.6. The summed E-state index contributed by atoms with van der Waals surface area (Å²) in [6.07, 6.45) is 10.7. The van der Waals surface area contributed by atoms with E-state index in [1.165, 1.54) is 66.9 Å². The second-order valence-electron chi connectivity index (χ2n) is 11.9. The lowest BCUT2D eigenvalue weighted by molar-refractivity contribution is 0.318. The quantitative estimate of drug-likeness (QED) is 0.0330. The van der Waals surface area contributed by atoms with Gasteiger partial charge in [0.25, 0.3) is 16.7 Å². The Bertz CT molecular complexity index is 2110. The molecule has 0 saturated heterocycles. The number of hydrogen-bond donors (Lipinski definition) is 6. The second-order valence-corrected chi connectivity index (χ2v) is 14.8. The highest BCUT2D eigenvalue weighted by Gasteiger charge is 2.01. The van der Waals surface area contributed by atoms with Crippen molar-refractivity contribution in [1.29, 1.82) is 0 Å². The fourth-order valence-corrected chi connectivity index (χ4v) is 6.55. The zero-order valence-corrected chi connectivity index (χ0v) is 43.4. The lowest BCUT2D eigenvalue weighted by atomic mass is 10.3. The van der Waals surface area contributed by atoms with Crippen molar-refractivity contribution in [1.82, 2.24) is 49.8 Å². The zero-order valence-electron chi connectivity index (χ0n) is 36.8. The largest absolute Gasteiger partial charge is 0.400 e. The van der Waals surface area contributed by atoms with Gasteiger partial charge in [-0.05, 0) is 94.4 Å². The van der Waals surface area contributed by atoms with Gasteiger partial charge in [0.1, 0.15) is 0 Å². The van der Waals surface area contributed by atoms with E-state index in [0.717, 1.165) is 52.2 Å². The van der Waals surface area contributed by atoms with Crippen molar-refractivity contribution in [3.63, 3.8) is 0 Å². The Labute approximate surface area is 408 Å². The van der Waals surface area contributed by atoms with Crippen LogP contribution < -0.4 is 16.7 Å². The summed E-state index contributed by atoms with van der Waals surface area (Å²) in [6, 6.07) is 16.1. The van der Waals surface area contributed by atoms with E-state index in [1.807, 2.05) is 56.4 Å². The van der Waals surface area contributed by atoms with Gasteiger partial charge in [-0.1, -0.05) is 78.4 Å². The molecule has 21 heteroatoms. The predicted octanol–water partition coefficient (Wildman–Crippen LogP) is 8.20. The molecule has 0 bridgehead atoms. The Hall–Kier alpha value is -3.86. The number of aromatic amines is 4. The van der Waals surface area contributed by atoms with Crippen molar-refractivity contribution in [3.8, 4) is 0 Å². The molecule has 6 aromatic heterocycles. The van der Waals surface area contributed by atoms with Crippen molar-refractivity contribution in [2.45, 2.75) is 75.6 Å². The summed E-state index contributed by atoms with van der Waals surface area (Å²) in [5.74, 6) is 1.50. The fourth-order valence-electron chi connectivity index (χ4n) is 4.25. The van der Waals surface area contributed by atoms with Gasteiger partial charge in [0.15, 0.2) is 15.1 Å². The highest BCUT2D eigenvalue weighted by Crippen LogP contribution is 2.18. The van der Waals surface area contributed by atoms with Crippen LogP contribution in [0.25, 0.3) is 0 Å². The summed E-state index contributed by atoms with van der Waals surface area (Å²) in [4.78, 5) is 66.4. The Morgan fingerprint density at radius 3 is 1.27 bits per heavy atom. The maximum atomic E-state index is 11.2. The number of H-pyrrole nitrogens is 4. The van der Waals surface area contributed by atoms with Crippen LogP contribution in [0.1, 0.15) is 61.5 Å². The molecule has 0 saturated carbocycles. The van der Waals surface area contributed by atoms with Crippen LogP contribution in [0.5, 0.6) is 0 Å².